The van der Waals surface area contributed by atoms with Gasteiger partial charge in [-0.15, -0.1) is 0 Å². The zero-order valence-electron chi connectivity index (χ0n) is 16.3. The molecule has 0 radical (unpaired) electrons. The van der Waals surface area contributed by atoms with Gasteiger partial charge in [0.05, 0.1) is 24.9 Å². The van der Waals surface area contributed by atoms with Crippen LogP contribution in [0.25, 0.3) is 0 Å². The summed E-state index contributed by atoms with van der Waals surface area (Å²) < 4.78 is 10.4. The van der Waals surface area contributed by atoms with E-state index < -0.39 is 5.91 Å². The average Bonchev–Trinajstić information content (AvgIpc) is 2.63. The van der Waals surface area contributed by atoms with Gasteiger partial charge in [0.25, 0.3) is 5.91 Å². The Morgan fingerprint density at radius 2 is 1.75 bits per heavy atom. The number of halogens is 1. The Morgan fingerprint density at radius 1 is 1.11 bits per heavy atom. The first-order valence-electron chi connectivity index (χ1n) is 8.44. The first-order chi connectivity index (χ1) is 13.1. The van der Waals surface area contributed by atoms with Crippen LogP contribution in [0.1, 0.15) is 36.7 Å². The van der Waals surface area contributed by atoms with Crippen molar-refractivity contribution in [1.82, 2.24) is 5.32 Å². The number of ether oxygens (including phenoxy) is 2. The molecule has 0 fully saturated rings. The molecule has 2 aromatic rings. The summed E-state index contributed by atoms with van der Waals surface area (Å²) in [6.45, 7) is 6.07. The topological polar surface area (TPSA) is 79.8 Å². The summed E-state index contributed by atoms with van der Waals surface area (Å²) in [6.07, 6.45) is 0. The standard InChI is InChI=1S/C20H23ClN2O4S/c1-20(2,3)12-9-13(21)17(24)14(10-12)22-19(28)23-18(25)11-6-7-15(26-4)16(8-11)27-5/h6-10,24H,1-5H3,(H2,22,23,25,28). The lowest BCUT2D eigenvalue weighted by Gasteiger charge is -2.21. The van der Waals surface area contributed by atoms with Gasteiger partial charge in [-0.2, -0.15) is 0 Å². The van der Waals surface area contributed by atoms with Gasteiger partial charge in [-0.25, -0.2) is 0 Å². The van der Waals surface area contributed by atoms with Crippen molar-refractivity contribution in [3.8, 4) is 17.2 Å². The van der Waals surface area contributed by atoms with Gasteiger partial charge >= 0.3 is 0 Å². The minimum Gasteiger partial charge on any atom is -0.504 e. The van der Waals surface area contributed by atoms with Crippen molar-refractivity contribution in [3.63, 3.8) is 0 Å². The molecule has 28 heavy (non-hydrogen) atoms. The van der Waals surface area contributed by atoms with E-state index in [0.717, 1.165) is 5.56 Å². The van der Waals surface area contributed by atoms with Crippen LogP contribution in [0, 0.1) is 0 Å². The zero-order valence-corrected chi connectivity index (χ0v) is 17.9. The summed E-state index contributed by atoms with van der Waals surface area (Å²) in [5, 5.41) is 15.8. The molecule has 0 heterocycles. The van der Waals surface area contributed by atoms with Crippen LogP contribution in [0.4, 0.5) is 5.69 Å². The minimum atomic E-state index is -0.434. The Hall–Kier alpha value is -2.51. The highest BCUT2D eigenvalue weighted by molar-refractivity contribution is 7.80. The van der Waals surface area contributed by atoms with Crippen LogP contribution in [0.5, 0.6) is 17.2 Å². The lowest BCUT2D eigenvalue weighted by Crippen LogP contribution is -2.34. The number of thiocarbonyl (C=S) groups is 1. The molecule has 6 nitrogen and oxygen atoms in total. The molecule has 0 bridgehead atoms. The van der Waals surface area contributed by atoms with Gasteiger partial charge in [0, 0.05) is 5.56 Å². The second-order valence-electron chi connectivity index (χ2n) is 7.08. The molecule has 0 aliphatic carbocycles. The summed E-state index contributed by atoms with van der Waals surface area (Å²) >= 11 is 11.3. The van der Waals surface area contributed by atoms with Crippen molar-refractivity contribution < 1.29 is 19.4 Å². The van der Waals surface area contributed by atoms with Crippen LogP contribution < -0.4 is 20.1 Å². The Labute approximate surface area is 174 Å². The number of phenols is 1. The Balaban J connectivity index is 2.18. The fourth-order valence-electron chi connectivity index (χ4n) is 2.43. The second kappa shape index (κ2) is 8.67. The van der Waals surface area contributed by atoms with Crippen molar-refractivity contribution in [2.45, 2.75) is 26.2 Å². The number of amides is 1. The summed E-state index contributed by atoms with van der Waals surface area (Å²) in [7, 11) is 3.00. The number of hydrogen-bond donors (Lipinski definition) is 3. The molecule has 1 amide bonds. The average molecular weight is 423 g/mol. The van der Waals surface area contributed by atoms with Gasteiger partial charge in [-0.1, -0.05) is 32.4 Å². The highest BCUT2D eigenvalue weighted by Crippen LogP contribution is 2.37. The van der Waals surface area contributed by atoms with Crippen LogP contribution in [0.3, 0.4) is 0 Å². The van der Waals surface area contributed by atoms with Crippen LogP contribution >= 0.6 is 23.8 Å². The molecular formula is C20H23ClN2O4S. The maximum absolute atomic E-state index is 12.5. The molecule has 0 atom stereocenters. The number of methoxy groups -OCH3 is 2. The third-order valence-electron chi connectivity index (χ3n) is 4.05. The molecule has 0 aliphatic rings. The zero-order chi connectivity index (χ0) is 21.1. The third-order valence-corrected chi connectivity index (χ3v) is 4.54. The highest BCUT2D eigenvalue weighted by atomic mass is 35.5. The number of nitrogens with one attached hydrogen (secondary N) is 2. The predicted molar refractivity (Wildman–Crippen MR) is 115 cm³/mol. The van der Waals surface area contributed by atoms with Crippen molar-refractivity contribution in [3.05, 3.63) is 46.5 Å². The molecule has 0 saturated heterocycles. The van der Waals surface area contributed by atoms with Crippen molar-refractivity contribution in [1.29, 1.82) is 0 Å². The van der Waals surface area contributed by atoms with Crippen LogP contribution in [-0.4, -0.2) is 30.3 Å². The summed E-state index contributed by atoms with van der Waals surface area (Å²) in [5.41, 5.74) is 1.38. The maximum Gasteiger partial charge on any atom is 0.257 e. The van der Waals surface area contributed by atoms with E-state index in [2.05, 4.69) is 10.6 Å². The fraction of sp³-hybridized carbons (Fsp3) is 0.300. The van der Waals surface area contributed by atoms with Crippen molar-refractivity contribution in [2.24, 2.45) is 0 Å². The second-order valence-corrected chi connectivity index (χ2v) is 7.90. The molecule has 0 saturated carbocycles. The van der Waals surface area contributed by atoms with Crippen LogP contribution in [0.15, 0.2) is 30.3 Å². The van der Waals surface area contributed by atoms with Gasteiger partial charge in [0.15, 0.2) is 22.4 Å². The van der Waals surface area contributed by atoms with Gasteiger partial charge in [-0.05, 0) is 53.5 Å². The van der Waals surface area contributed by atoms with E-state index in [0.29, 0.717) is 22.7 Å². The van der Waals surface area contributed by atoms with E-state index in [1.54, 1.807) is 30.3 Å². The molecule has 2 rings (SSSR count). The van der Waals surface area contributed by atoms with E-state index in [-0.39, 0.29) is 21.3 Å². The monoisotopic (exact) mass is 422 g/mol. The van der Waals surface area contributed by atoms with Crippen LogP contribution in [0.2, 0.25) is 5.02 Å². The largest absolute Gasteiger partial charge is 0.504 e. The molecule has 0 aromatic heterocycles. The number of carbonyl (C=O) groups is 1. The summed E-state index contributed by atoms with van der Waals surface area (Å²) in [4.78, 5) is 12.5. The quantitative estimate of drug-likeness (QED) is 0.497. The smallest absolute Gasteiger partial charge is 0.257 e. The number of anilines is 1. The van der Waals surface area contributed by atoms with E-state index in [9.17, 15) is 9.90 Å². The minimum absolute atomic E-state index is 0.0252. The number of rotatable bonds is 4. The Kier molecular flexibility index (Phi) is 6.74. The normalized spacial score (nSPS) is 10.9. The van der Waals surface area contributed by atoms with E-state index >= 15 is 0 Å². The Bertz CT molecular complexity index is 910. The number of carbonyl (C=O) groups excluding carboxylic acids is 1. The number of phenolic OH excluding ortho intramolecular Hbond substituents is 1. The predicted octanol–water partition coefficient (Wildman–Crippen LogP) is 4.49. The first-order valence-corrected chi connectivity index (χ1v) is 9.22. The molecular weight excluding hydrogens is 400 g/mol. The summed E-state index contributed by atoms with van der Waals surface area (Å²) in [6, 6.07) is 8.21. The van der Waals surface area contributed by atoms with Gasteiger partial charge < -0.3 is 19.9 Å². The molecule has 2 aromatic carbocycles. The maximum atomic E-state index is 12.5. The first kappa shape index (κ1) is 21.8. The fourth-order valence-corrected chi connectivity index (χ4v) is 2.86. The van der Waals surface area contributed by atoms with Crippen molar-refractivity contribution >= 4 is 40.5 Å². The SMILES string of the molecule is COc1ccc(C(=O)NC(=S)Nc2cc(C(C)(C)C)cc(Cl)c2O)cc1OC. The number of hydrogen-bond acceptors (Lipinski definition) is 5. The van der Waals surface area contributed by atoms with Gasteiger partial charge in [0.2, 0.25) is 0 Å². The van der Waals surface area contributed by atoms with E-state index in [1.165, 1.54) is 14.2 Å². The number of aromatic hydroxyl groups is 1. The molecule has 8 heteroatoms. The van der Waals surface area contributed by atoms with E-state index in [4.69, 9.17) is 33.3 Å². The lowest BCUT2D eigenvalue weighted by molar-refractivity contribution is 0.0977. The lowest BCUT2D eigenvalue weighted by atomic mass is 9.87. The van der Waals surface area contributed by atoms with Gasteiger partial charge in [0.1, 0.15) is 0 Å². The molecule has 0 unspecified atom stereocenters. The molecule has 150 valence electrons. The van der Waals surface area contributed by atoms with Crippen molar-refractivity contribution in [2.75, 3.05) is 19.5 Å². The van der Waals surface area contributed by atoms with E-state index in [1.807, 2.05) is 20.8 Å². The molecule has 3 N–H and O–H groups in total. The Morgan fingerprint density at radius 3 is 2.32 bits per heavy atom. The van der Waals surface area contributed by atoms with Crippen LogP contribution in [-0.2, 0) is 5.41 Å². The third kappa shape index (κ3) is 5.05. The molecule has 0 spiro atoms. The summed E-state index contributed by atoms with van der Waals surface area (Å²) in [5.74, 6) is 0.364. The number of benzene rings is 2. The molecule has 0 aliphatic heterocycles. The van der Waals surface area contributed by atoms with Gasteiger partial charge in [-0.3, -0.25) is 10.1 Å². The highest BCUT2D eigenvalue weighted by Gasteiger charge is 2.19.